The Balaban J connectivity index is 1.89. The van der Waals surface area contributed by atoms with Crippen molar-refractivity contribution in [2.75, 3.05) is 32.5 Å². The smallest absolute Gasteiger partial charge is 0.141 e. The molecule has 1 aliphatic heterocycles. The molecule has 2 rings (SSSR count). The van der Waals surface area contributed by atoms with Crippen LogP contribution in [0.25, 0.3) is 0 Å². The number of hydrogen-bond acceptors (Lipinski definition) is 5. The Morgan fingerprint density at radius 1 is 1.38 bits per heavy atom. The van der Waals surface area contributed by atoms with Crippen LogP contribution >= 0.6 is 0 Å². The average Bonchev–Trinajstić information content (AvgIpc) is 2.43. The van der Waals surface area contributed by atoms with Crippen LogP contribution in [0.1, 0.15) is 31.9 Å². The summed E-state index contributed by atoms with van der Waals surface area (Å²) < 4.78 is 10.8. The number of morpholine rings is 1. The van der Waals surface area contributed by atoms with Gasteiger partial charge in [-0.3, -0.25) is 4.90 Å². The van der Waals surface area contributed by atoms with Crippen LogP contribution in [0.3, 0.4) is 0 Å². The minimum Gasteiger partial charge on any atom is -0.495 e. The van der Waals surface area contributed by atoms with Crippen LogP contribution in [0.2, 0.25) is 0 Å². The van der Waals surface area contributed by atoms with Crippen LogP contribution in [0.15, 0.2) is 18.2 Å². The Bertz CT molecular complexity index is 457. The van der Waals surface area contributed by atoms with E-state index in [1.807, 2.05) is 6.07 Å². The first-order valence-electron chi connectivity index (χ1n) is 7.49. The summed E-state index contributed by atoms with van der Waals surface area (Å²) >= 11 is 0. The third kappa shape index (κ3) is 4.33. The van der Waals surface area contributed by atoms with Gasteiger partial charge in [0.1, 0.15) is 5.75 Å². The molecule has 5 nitrogen and oxygen atoms in total. The van der Waals surface area contributed by atoms with Crippen molar-refractivity contribution in [3.63, 3.8) is 0 Å². The van der Waals surface area contributed by atoms with E-state index in [0.717, 1.165) is 25.2 Å². The average molecular weight is 294 g/mol. The molecule has 1 saturated heterocycles. The summed E-state index contributed by atoms with van der Waals surface area (Å²) in [6, 6.07) is 5.45. The van der Waals surface area contributed by atoms with Crippen molar-refractivity contribution in [2.24, 2.45) is 0 Å². The van der Waals surface area contributed by atoms with Gasteiger partial charge in [-0.25, -0.2) is 0 Å². The second-order valence-electron chi connectivity index (χ2n) is 5.82. The third-order valence-corrected chi connectivity index (χ3v) is 3.85. The number of aliphatic hydroxyl groups excluding tert-OH is 1. The molecule has 1 aromatic rings. The lowest BCUT2D eigenvalue weighted by Gasteiger charge is -2.35. The first-order valence-corrected chi connectivity index (χ1v) is 7.49. The number of aliphatic hydroxyl groups is 1. The van der Waals surface area contributed by atoms with Crippen LogP contribution in [0.5, 0.6) is 5.75 Å². The summed E-state index contributed by atoms with van der Waals surface area (Å²) in [4.78, 5) is 2.34. The molecule has 0 radical (unpaired) electrons. The number of benzene rings is 1. The van der Waals surface area contributed by atoms with E-state index in [9.17, 15) is 5.11 Å². The molecular weight excluding hydrogens is 268 g/mol. The fourth-order valence-electron chi connectivity index (χ4n) is 2.90. The van der Waals surface area contributed by atoms with Crippen molar-refractivity contribution in [3.8, 4) is 5.75 Å². The number of methoxy groups -OCH3 is 1. The number of hydrogen-bond donors (Lipinski definition) is 2. The Kier molecular flexibility index (Phi) is 5.45. The molecule has 118 valence electrons. The van der Waals surface area contributed by atoms with E-state index >= 15 is 0 Å². The highest BCUT2D eigenvalue weighted by molar-refractivity contribution is 5.54. The molecule has 1 heterocycles. The minimum atomic E-state index is -0.508. The molecule has 1 aromatic carbocycles. The molecule has 3 N–H and O–H groups in total. The molecule has 21 heavy (non-hydrogen) atoms. The van der Waals surface area contributed by atoms with Gasteiger partial charge in [0.25, 0.3) is 0 Å². The highest BCUT2D eigenvalue weighted by Gasteiger charge is 2.22. The minimum absolute atomic E-state index is 0.252. The maximum atomic E-state index is 10.3. The van der Waals surface area contributed by atoms with Crippen molar-refractivity contribution in [3.05, 3.63) is 23.8 Å². The fourth-order valence-corrected chi connectivity index (χ4v) is 2.90. The van der Waals surface area contributed by atoms with Crippen LogP contribution in [0, 0.1) is 0 Å². The zero-order valence-corrected chi connectivity index (χ0v) is 13.1. The third-order valence-electron chi connectivity index (χ3n) is 3.85. The van der Waals surface area contributed by atoms with E-state index in [0.29, 0.717) is 17.9 Å². The van der Waals surface area contributed by atoms with E-state index in [-0.39, 0.29) is 12.2 Å². The monoisotopic (exact) mass is 294 g/mol. The molecule has 1 aliphatic rings. The van der Waals surface area contributed by atoms with E-state index in [1.165, 1.54) is 0 Å². The van der Waals surface area contributed by atoms with Gasteiger partial charge in [0.05, 0.1) is 31.1 Å². The van der Waals surface area contributed by atoms with Gasteiger partial charge >= 0.3 is 0 Å². The lowest BCUT2D eigenvalue weighted by atomic mass is 10.0. The maximum absolute atomic E-state index is 10.3. The first kappa shape index (κ1) is 16.1. The van der Waals surface area contributed by atoms with Crippen molar-refractivity contribution >= 4 is 5.69 Å². The number of anilines is 1. The molecule has 0 spiro atoms. The van der Waals surface area contributed by atoms with Crippen molar-refractivity contribution in [1.82, 2.24) is 4.90 Å². The molecule has 1 fully saturated rings. The SMILES string of the molecule is COc1ccc(C(O)CCN2CC(C)OC(C)C2)cc1N. The number of nitrogens with two attached hydrogens (primary N) is 1. The molecule has 0 amide bonds. The number of rotatable bonds is 5. The highest BCUT2D eigenvalue weighted by Crippen LogP contribution is 2.27. The topological polar surface area (TPSA) is 68.0 Å². The zero-order chi connectivity index (χ0) is 15.4. The Morgan fingerprint density at radius 2 is 2.05 bits per heavy atom. The quantitative estimate of drug-likeness (QED) is 0.811. The molecule has 0 aliphatic carbocycles. The molecule has 5 heteroatoms. The predicted octanol–water partition coefficient (Wildman–Crippen LogP) is 1.81. The maximum Gasteiger partial charge on any atom is 0.141 e. The van der Waals surface area contributed by atoms with Gasteiger partial charge in [0.2, 0.25) is 0 Å². The molecule has 0 bridgehead atoms. The molecule has 0 aromatic heterocycles. The fraction of sp³-hybridized carbons (Fsp3) is 0.625. The predicted molar refractivity (Wildman–Crippen MR) is 83.4 cm³/mol. The van der Waals surface area contributed by atoms with Gasteiger partial charge in [0.15, 0.2) is 0 Å². The second kappa shape index (κ2) is 7.11. The molecule has 0 saturated carbocycles. The summed E-state index contributed by atoms with van der Waals surface area (Å²) in [6.07, 6.45) is 0.683. The van der Waals surface area contributed by atoms with Crippen molar-refractivity contribution < 1.29 is 14.6 Å². The normalized spacial score (nSPS) is 24.8. The lowest BCUT2D eigenvalue weighted by molar-refractivity contribution is -0.0702. The van der Waals surface area contributed by atoms with Crippen molar-refractivity contribution in [2.45, 2.75) is 38.6 Å². The van der Waals surface area contributed by atoms with E-state index < -0.39 is 6.10 Å². The van der Waals surface area contributed by atoms with Gasteiger partial charge in [-0.2, -0.15) is 0 Å². The number of ether oxygens (including phenoxy) is 2. The summed E-state index contributed by atoms with van der Waals surface area (Å²) in [5.41, 5.74) is 7.28. The molecule has 3 atom stereocenters. The van der Waals surface area contributed by atoms with Gasteiger partial charge in [0, 0.05) is 19.6 Å². The van der Waals surface area contributed by atoms with Crippen LogP contribution in [-0.4, -0.2) is 49.0 Å². The first-order chi connectivity index (χ1) is 9.99. The van der Waals surface area contributed by atoms with Gasteiger partial charge in [-0.1, -0.05) is 6.07 Å². The standard InChI is InChI=1S/C16H26N2O3/c1-11-9-18(10-12(2)21-11)7-6-15(19)13-4-5-16(20-3)14(17)8-13/h4-5,8,11-12,15,19H,6-7,9-10,17H2,1-3H3. The van der Waals surface area contributed by atoms with E-state index in [2.05, 4.69) is 18.7 Å². The number of nitrogens with zero attached hydrogens (tertiary/aromatic N) is 1. The van der Waals surface area contributed by atoms with Gasteiger partial charge < -0.3 is 20.3 Å². The van der Waals surface area contributed by atoms with Crippen LogP contribution < -0.4 is 10.5 Å². The number of nitrogen functional groups attached to an aromatic ring is 1. The summed E-state index contributed by atoms with van der Waals surface area (Å²) in [5.74, 6) is 0.641. The van der Waals surface area contributed by atoms with Crippen LogP contribution in [-0.2, 0) is 4.74 Å². The Morgan fingerprint density at radius 3 is 2.62 bits per heavy atom. The highest BCUT2D eigenvalue weighted by atomic mass is 16.5. The van der Waals surface area contributed by atoms with Gasteiger partial charge in [-0.15, -0.1) is 0 Å². The zero-order valence-electron chi connectivity index (χ0n) is 13.1. The van der Waals surface area contributed by atoms with E-state index in [1.54, 1.807) is 19.2 Å². The summed E-state index contributed by atoms with van der Waals surface area (Å²) in [7, 11) is 1.59. The van der Waals surface area contributed by atoms with Gasteiger partial charge in [-0.05, 0) is 38.0 Å². The second-order valence-corrected chi connectivity index (χ2v) is 5.82. The van der Waals surface area contributed by atoms with E-state index in [4.69, 9.17) is 15.2 Å². The summed E-state index contributed by atoms with van der Waals surface area (Å²) in [6.45, 7) is 6.86. The molecule has 3 unspecified atom stereocenters. The Labute approximate surface area is 126 Å². The lowest BCUT2D eigenvalue weighted by Crippen LogP contribution is -2.45. The Hall–Kier alpha value is -1.30. The largest absolute Gasteiger partial charge is 0.495 e. The summed E-state index contributed by atoms with van der Waals surface area (Å²) in [5, 5.41) is 10.3. The van der Waals surface area contributed by atoms with Crippen molar-refractivity contribution in [1.29, 1.82) is 0 Å². The molecular formula is C16H26N2O3. The van der Waals surface area contributed by atoms with Crippen LogP contribution in [0.4, 0.5) is 5.69 Å².